The molecule has 0 amide bonds. The first-order valence-corrected chi connectivity index (χ1v) is 6.11. The molecule has 1 fully saturated rings. The predicted octanol–water partition coefficient (Wildman–Crippen LogP) is 1.23. The topological polar surface area (TPSA) is 35.5 Å². The van der Waals surface area contributed by atoms with Crippen LogP contribution in [-0.2, 0) is 0 Å². The monoisotopic (exact) mass is 254 g/mol. The third-order valence-corrected chi connectivity index (χ3v) is 3.15. The van der Waals surface area contributed by atoms with E-state index in [0.717, 1.165) is 6.54 Å². The number of likely N-dealkylation sites (N-methyl/N-ethyl adjacent to an activating group) is 1. The first kappa shape index (κ1) is 14.7. The van der Waals surface area contributed by atoms with Crippen molar-refractivity contribution >= 4 is 0 Å². The van der Waals surface area contributed by atoms with E-state index in [-0.39, 0.29) is 12.8 Å². The number of aliphatic hydroxyl groups excluding tert-OH is 1. The van der Waals surface area contributed by atoms with E-state index in [2.05, 4.69) is 5.32 Å². The SMILES string of the molecule is CCNCC(O)CN1CCC(C(F)(F)F)CC1. The lowest BCUT2D eigenvalue weighted by Gasteiger charge is -2.33. The molecule has 2 N–H and O–H groups in total. The lowest BCUT2D eigenvalue weighted by Crippen LogP contribution is -2.44. The van der Waals surface area contributed by atoms with Crippen LogP contribution in [0, 0.1) is 5.92 Å². The van der Waals surface area contributed by atoms with Crippen molar-refractivity contribution in [2.24, 2.45) is 5.92 Å². The Hall–Kier alpha value is -0.330. The van der Waals surface area contributed by atoms with E-state index in [1.54, 1.807) is 0 Å². The summed E-state index contributed by atoms with van der Waals surface area (Å²) in [5, 5.41) is 12.6. The number of rotatable bonds is 5. The average Bonchev–Trinajstić information content (AvgIpc) is 2.26. The molecular formula is C11H21F3N2O. The summed E-state index contributed by atoms with van der Waals surface area (Å²) in [4.78, 5) is 1.91. The largest absolute Gasteiger partial charge is 0.391 e. The van der Waals surface area contributed by atoms with E-state index in [4.69, 9.17) is 0 Å². The average molecular weight is 254 g/mol. The van der Waals surface area contributed by atoms with Crippen LogP contribution in [0.5, 0.6) is 0 Å². The molecule has 0 aliphatic carbocycles. The fraction of sp³-hybridized carbons (Fsp3) is 1.00. The van der Waals surface area contributed by atoms with Crippen LogP contribution in [0.4, 0.5) is 13.2 Å². The zero-order valence-corrected chi connectivity index (χ0v) is 10.1. The second-order valence-corrected chi connectivity index (χ2v) is 4.58. The van der Waals surface area contributed by atoms with Crippen LogP contribution in [0.15, 0.2) is 0 Å². The number of nitrogens with zero attached hydrogens (tertiary/aromatic N) is 1. The molecule has 1 aliphatic rings. The summed E-state index contributed by atoms with van der Waals surface area (Å²) >= 11 is 0. The molecule has 1 unspecified atom stereocenters. The summed E-state index contributed by atoms with van der Waals surface area (Å²) in [7, 11) is 0. The van der Waals surface area contributed by atoms with Crippen LogP contribution in [0.25, 0.3) is 0 Å². The molecule has 0 aromatic rings. The molecule has 0 aromatic carbocycles. The summed E-state index contributed by atoms with van der Waals surface area (Å²) in [5.41, 5.74) is 0. The van der Waals surface area contributed by atoms with Crippen LogP contribution in [0.1, 0.15) is 19.8 Å². The molecule has 0 bridgehead atoms. The number of β-amino-alcohol motifs (C(OH)–C–C–N with tert-alkyl or cyclic N) is 1. The highest BCUT2D eigenvalue weighted by atomic mass is 19.4. The van der Waals surface area contributed by atoms with Crippen LogP contribution in [0.3, 0.4) is 0 Å². The maximum Gasteiger partial charge on any atom is 0.391 e. The molecule has 6 heteroatoms. The Bertz CT molecular complexity index is 215. The number of halogens is 3. The maximum absolute atomic E-state index is 12.4. The Balaban J connectivity index is 2.23. The van der Waals surface area contributed by atoms with Crippen molar-refractivity contribution in [1.29, 1.82) is 0 Å². The van der Waals surface area contributed by atoms with Gasteiger partial charge in [-0.05, 0) is 32.5 Å². The van der Waals surface area contributed by atoms with Gasteiger partial charge in [0.05, 0.1) is 12.0 Å². The highest BCUT2D eigenvalue weighted by molar-refractivity contribution is 4.78. The second kappa shape index (κ2) is 6.56. The molecule has 3 nitrogen and oxygen atoms in total. The summed E-state index contributed by atoms with van der Waals surface area (Å²) in [6.45, 7) is 4.53. The van der Waals surface area contributed by atoms with E-state index >= 15 is 0 Å². The van der Waals surface area contributed by atoms with Crippen LogP contribution >= 0.6 is 0 Å². The van der Waals surface area contributed by atoms with Gasteiger partial charge in [0.2, 0.25) is 0 Å². The van der Waals surface area contributed by atoms with Gasteiger partial charge in [-0.15, -0.1) is 0 Å². The standard InChI is InChI=1S/C11H21F3N2O/c1-2-15-7-10(17)8-16-5-3-9(4-6-16)11(12,13)14/h9-10,15,17H,2-8H2,1H3. The van der Waals surface area contributed by atoms with Crippen molar-refractivity contribution in [2.45, 2.75) is 32.0 Å². The Kier molecular flexibility index (Phi) is 5.69. The Labute approximate surface area is 100.0 Å². The Morgan fingerprint density at radius 2 is 1.94 bits per heavy atom. The quantitative estimate of drug-likeness (QED) is 0.774. The van der Waals surface area contributed by atoms with Gasteiger partial charge in [0, 0.05) is 13.1 Å². The summed E-state index contributed by atoms with van der Waals surface area (Å²) in [5.74, 6) is -1.16. The number of alkyl halides is 3. The van der Waals surface area contributed by atoms with Crippen LogP contribution in [-0.4, -0.2) is 55.0 Å². The molecule has 102 valence electrons. The van der Waals surface area contributed by atoms with Crippen molar-refractivity contribution in [3.8, 4) is 0 Å². The smallest absolute Gasteiger partial charge is 0.390 e. The van der Waals surface area contributed by atoms with E-state index < -0.39 is 18.2 Å². The van der Waals surface area contributed by atoms with Crippen molar-refractivity contribution in [3.05, 3.63) is 0 Å². The predicted molar refractivity (Wildman–Crippen MR) is 59.8 cm³/mol. The first-order chi connectivity index (χ1) is 7.93. The minimum atomic E-state index is -4.06. The van der Waals surface area contributed by atoms with Gasteiger partial charge in [-0.25, -0.2) is 0 Å². The van der Waals surface area contributed by atoms with Gasteiger partial charge in [-0.3, -0.25) is 0 Å². The number of hydrogen-bond donors (Lipinski definition) is 2. The second-order valence-electron chi connectivity index (χ2n) is 4.58. The maximum atomic E-state index is 12.4. The van der Waals surface area contributed by atoms with Crippen molar-refractivity contribution in [2.75, 3.05) is 32.7 Å². The molecule has 0 spiro atoms. The van der Waals surface area contributed by atoms with Gasteiger partial charge in [-0.2, -0.15) is 13.2 Å². The van der Waals surface area contributed by atoms with Gasteiger partial charge < -0.3 is 15.3 Å². The molecule has 0 saturated carbocycles. The van der Waals surface area contributed by atoms with Crippen molar-refractivity contribution in [3.63, 3.8) is 0 Å². The van der Waals surface area contributed by atoms with Gasteiger partial charge >= 0.3 is 6.18 Å². The highest BCUT2D eigenvalue weighted by Gasteiger charge is 2.41. The number of aliphatic hydroxyl groups is 1. The minimum absolute atomic E-state index is 0.150. The number of nitrogens with one attached hydrogen (secondary N) is 1. The summed E-state index contributed by atoms with van der Waals surface area (Å²) in [6.07, 6.45) is -4.26. The number of piperidine rings is 1. The first-order valence-electron chi connectivity index (χ1n) is 6.11. The lowest BCUT2D eigenvalue weighted by molar-refractivity contribution is -0.185. The Morgan fingerprint density at radius 3 is 2.41 bits per heavy atom. The molecule has 0 aromatic heterocycles. The number of likely N-dealkylation sites (tertiary alicyclic amines) is 1. The van der Waals surface area contributed by atoms with Gasteiger partial charge in [-0.1, -0.05) is 6.92 Å². The van der Waals surface area contributed by atoms with E-state index in [9.17, 15) is 18.3 Å². The van der Waals surface area contributed by atoms with E-state index in [0.29, 0.717) is 26.2 Å². The molecular weight excluding hydrogens is 233 g/mol. The third kappa shape index (κ3) is 5.23. The van der Waals surface area contributed by atoms with Crippen LogP contribution < -0.4 is 5.32 Å². The molecule has 1 atom stereocenters. The van der Waals surface area contributed by atoms with Crippen molar-refractivity contribution < 1.29 is 18.3 Å². The Morgan fingerprint density at radius 1 is 1.35 bits per heavy atom. The zero-order valence-electron chi connectivity index (χ0n) is 10.1. The summed E-state index contributed by atoms with van der Waals surface area (Å²) < 4.78 is 37.3. The minimum Gasteiger partial charge on any atom is -0.390 e. The fourth-order valence-electron chi connectivity index (χ4n) is 2.12. The summed E-state index contributed by atoms with van der Waals surface area (Å²) in [6, 6.07) is 0. The van der Waals surface area contributed by atoms with E-state index in [1.807, 2.05) is 11.8 Å². The highest BCUT2D eigenvalue weighted by Crippen LogP contribution is 2.33. The van der Waals surface area contributed by atoms with Gasteiger partial charge in [0.25, 0.3) is 0 Å². The molecule has 1 heterocycles. The van der Waals surface area contributed by atoms with Gasteiger partial charge in [0.1, 0.15) is 0 Å². The third-order valence-electron chi connectivity index (χ3n) is 3.15. The number of hydrogen-bond acceptors (Lipinski definition) is 3. The molecule has 0 radical (unpaired) electrons. The fourth-order valence-corrected chi connectivity index (χ4v) is 2.12. The molecule has 1 rings (SSSR count). The van der Waals surface area contributed by atoms with Crippen molar-refractivity contribution in [1.82, 2.24) is 10.2 Å². The molecule has 1 saturated heterocycles. The van der Waals surface area contributed by atoms with Gasteiger partial charge in [0.15, 0.2) is 0 Å². The zero-order chi connectivity index (χ0) is 12.9. The molecule has 17 heavy (non-hydrogen) atoms. The lowest BCUT2D eigenvalue weighted by atomic mass is 9.96. The van der Waals surface area contributed by atoms with E-state index in [1.165, 1.54) is 0 Å². The normalized spacial score (nSPS) is 21.7. The van der Waals surface area contributed by atoms with Crippen LogP contribution in [0.2, 0.25) is 0 Å². The molecule has 1 aliphatic heterocycles.